The minimum atomic E-state index is -0.184. The van der Waals surface area contributed by atoms with Crippen LogP contribution < -0.4 is 9.47 Å². The Morgan fingerprint density at radius 1 is 0.581 bits per heavy atom. The van der Waals surface area contributed by atoms with E-state index in [2.05, 4.69) is 15.0 Å². The van der Waals surface area contributed by atoms with Gasteiger partial charge in [-0.25, -0.2) is 15.0 Å². The van der Waals surface area contributed by atoms with E-state index in [9.17, 15) is 15.3 Å². The average Bonchev–Trinajstić information content (AvgIpc) is 2.78. The molecule has 0 amide bonds. The summed E-state index contributed by atoms with van der Waals surface area (Å²) in [5.74, 6) is 1.57. The quantitative estimate of drug-likeness (QED) is 0.446. The Labute approximate surface area is 178 Å². The fraction of sp³-hybridized carbons (Fsp3) is 0.0870. The molecule has 156 valence electrons. The summed E-state index contributed by atoms with van der Waals surface area (Å²) in [5.41, 5.74) is 1.37. The smallest absolute Gasteiger partial charge is 0.167 e. The first kappa shape index (κ1) is 20.0. The highest BCUT2D eigenvalue weighted by Crippen LogP contribution is 2.35. The zero-order valence-corrected chi connectivity index (χ0v) is 16.8. The Morgan fingerprint density at radius 3 is 1.65 bits per heavy atom. The van der Waals surface area contributed by atoms with Crippen molar-refractivity contribution >= 4 is 0 Å². The van der Waals surface area contributed by atoms with Crippen LogP contribution in [0.1, 0.15) is 0 Å². The average molecular weight is 417 g/mol. The Bertz CT molecular complexity index is 1240. The Hall–Kier alpha value is -4.33. The van der Waals surface area contributed by atoms with Gasteiger partial charge < -0.3 is 24.8 Å². The number of ether oxygens (including phenoxy) is 2. The lowest BCUT2D eigenvalue weighted by Crippen LogP contribution is -2.00. The van der Waals surface area contributed by atoms with Gasteiger partial charge in [0.25, 0.3) is 0 Å². The van der Waals surface area contributed by atoms with Crippen LogP contribution in [0.25, 0.3) is 34.2 Å². The molecule has 4 aromatic rings. The summed E-state index contributed by atoms with van der Waals surface area (Å²) < 4.78 is 10.3. The molecule has 3 aromatic carbocycles. The molecule has 0 aliphatic heterocycles. The number of methoxy groups -OCH3 is 2. The van der Waals surface area contributed by atoms with Crippen molar-refractivity contribution in [3.63, 3.8) is 0 Å². The maximum Gasteiger partial charge on any atom is 0.167 e. The van der Waals surface area contributed by atoms with Gasteiger partial charge in [-0.2, -0.15) is 0 Å². The van der Waals surface area contributed by atoms with Crippen LogP contribution in [-0.2, 0) is 0 Å². The molecule has 1 heterocycles. The zero-order chi connectivity index (χ0) is 22.0. The summed E-state index contributed by atoms with van der Waals surface area (Å²) in [7, 11) is 3.08. The third-order valence-electron chi connectivity index (χ3n) is 4.65. The van der Waals surface area contributed by atoms with Crippen LogP contribution in [0.3, 0.4) is 0 Å². The van der Waals surface area contributed by atoms with Crippen molar-refractivity contribution in [1.82, 2.24) is 15.0 Å². The molecule has 0 fully saturated rings. The van der Waals surface area contributed by atoms with Crippen molar-refractivity contribution in [2.75, 3.05) is 14.2 Å². The van der Waals surface area contributed by atoms with Crippen molar-refractivity contribution in [2.24, 2.45) is 0 Å². The molecule has 0 saturated heterocycles. The molecule has 0 spiro atoms. The molecular formula is C23H19N3O5. The maximum atomic E-state index is 10.5. The van der Waals surface area contributed by atoms with Gasteiger partial charge in [0.15, 0.2) is 17.5 Å². The maximum absolute atomic E-state index is 10.5. The molecule has 0 radical (unpaired) electrons. The second kappa shape index (κ2) is 8.19. The number of phenolic OH excluding ortho intramolecular Hbond substituents is 3. The topological polar surface area (TPSA) is 118 Å². The van der Waals surface area contributed by atoms with Gasteiger partial charge in [-0.05, 0) is 48.5 Å². The Morgan fingerprint density at radius 2 is 1.10 bits per heavy atom. The van der Waals surface area contributed by atoms with Crippen LogP contribution in [0.2, 0.25) is 0 Å². The first-order valence-corrected chi connectivity index (χ1v) is 9.28. The summed E-state index contributed by atoms with van der Waals surface area (Å²) >= 11 is 0. The van der Waals surface area contributed by atoms with E-state index in [-0.39, 0.29) is 28.9 Å². The lowest BCUT2D eigenvalue weighted by atomic mass is 10.1. The van der Waals surface area contributed by atoms with Crippen LogP contribution in [0.15, 0.2) is 60.7 Å². The summed E-state index contributed by atoms with van der Waals surface area (Å²) in [5, 5.41) is 30.4. The van der Waals surface area contributed by atoms with E-state index in [1.54, 1.807) is 43.5 Å². The number of aromatic hydroxyl groups is 3. The van der Waals surface area contributed by atoms with Gasteiger partial charge in [0.05, 0.1) is 25.3 Å². The normalized spacial score (nSPS) is 10.6. The van der Waals surface area contributed by atoms with Crippen molar-refractivity contribution in [3.8, 4) is 62.9 Å². The van der Waals surface area contributed by atoms with Gasteiger partial charge in [0.1, 0.15) is 28.7 Å². The number of hydrogen-bond acceptors (Lipinski definition) is 8. The van der Waals surface area contributed by atoms with Gasteiger partial charge in [-0.1, -0.05) is 0 Å². The molecule has 3 N–H and O–H groups in total. The number of nitrogens with zero attached hydrogens (tertiary/aromatic N) is 3. The molecule has 4 rings (SSSR count). The van der Waals surface area contributed by atoms with Crippen LogP contribution in [0.5, 0.6) is 28.7 Å². The highest BCUT2D eigenvalue weighted by molar-refractivity contribution is 5.72. The van der Waals surface area contributed by atoms with Crippen molar-refractivity contribution < 1.29 is 24.8 Å². The second-order valence-electron chi connectivity index (χ2n) is 6.62. The van der Waals surface area contributed by atoms with E-state index in [4.69, 9.17) is 9.47 Å². The third-order valence-corrected chi connectivity index (χ3v) is 4.65. The third kappa shape index (κ3) is 4.04. The van der Waals surface area contributed by atoms with Gasteiger partial charge in [0.2, 0.25) is 0 Å². The standard InChI is InChI=1S/C23H19N3O5/c1-30-15-6-3-13(4-7-15)21-24-22(17-9-5-14(27)11-19(17)28)26-23(25-21)18-10-8-16(31-2)12-20(18)29/h3-12,27-29H,1-2H3. The second-order valence-corrected chi connectivity index (χ2v) is 6.62. The fourth-order valence-corrected chi connectivity index (χ4v) is 3.02. The fourth-order valence-electron chi connectivity index (χ4n) is 3.02. The highest BCUT2D eigenvalue weighted by atomic mass is 16.5. The van der Waals surface area contributed by atoms with Crippen LogP contribution >= 0.6 is 0 Å². The van der Waals surface area contributed by atoms with E-state index in [1.807, 2.05) is 0 Å². The lowest BCUT2D eigenvalue weighted by molar-refractivity contribution is 0.408. The number of rotatable bonds is 5. The Kier molecular flexibility index (Phi) is 5.28. The molecule has 8 nitrogen and oxygen atoms in total. The molecular weight excluding hydrogens is 398 g/mol. The molecule has 0 aliphatic carbocycles. The summed E-state index contributed by atoms with van der Waals surface area (Å²) in [6.07, 6.45) is 0. The van der Waals surface area contributed by atoms with Crippen LogP contribution in [0, 0.1) is 0 Å². The number of phenols is 3. The molecule has 0 unspecified atom stereocenters. The van der Waals surface area contributed by atoms with E-state index < -0.39 is 0 Å². The van der Waals surface area contributed by atoms with Crippen molar-refractivity contribution in [2.45, 2.75) is 0 Å². The number of hydrogen-bond donors (Lipinski definition) is 3. The molecule has 0 aliphatic rings. The SMILES string of the molecule is COc1ccc(-c2nc(-c3ccc(O)cc3O)nc(-c3ccc(OC)cc3O)n2)cc1. The van der Waals surface area contributed by atoms with E-state index >= 15 is 0 Å². The molecule has 31 heavy (non-hydrogen) atoms. The van der Waals surface area contributed by atoms with E-state index in [1.165, 1.54) is 31.4 Å². The largest absolute Gasteiger partial charge is 0.508 e. The van der Waals surface area contributed by atoms with E-state index in [0.717, 1.165) is 0 Å². The van der Waals surface area contributed by atoms with Gasteiger partial charge in [-0.3, -0.25) is 0 Å². The first-order valence-electron chi connectivity index (χ1n) is 9.28. The van der Waals surface area contributed by atoms with Crippen molar-refractivity contribution in [1.29, 1.82) is 0 Å². The summed E-state index contributed by atoms with van der Waals surface area (Å²) in [6.45, 7) is 0. The number of aromatic nitrogens is 3. The summed E-state index contributed by atoms with van der Waals surface area (Å²) in [6, 6.07) is 16.1. The van der Waals surface area contributed by atoms with Crippen LogP contribution in [0.4, 0.5) is 0 Å². The molecule has 8 heteroatoms. The minimum Gasteiger partial charge on any atom is -0.508 e. The molecule has 0 bridgehead atoms. The lowest BCUT2D eigenvalue weighted by Gasteiger charge is -2.11. The molecule has 0 atom stereocenters. The minimum absolute atomic E-state index is 0.0629. The van der Waals surface area contributed by atoms with Gasteiger partial charge >= 0.3 is 0 Å². The molecule has 0 saturated carbocycles. The molecule has 1 aromatic heterocycles. The van der Waals surface area contributed by atoms with Gasteiger partial charge in [0, 0.05) is 17.7 Å². The monoisotopic (exact) mass is 417 g/mol. The summed E-state index contributed by atoms with van der Waals surface area (Å²) in [4.78, 5) is 13.5. The predicted octanol–water partition coefficient (Wildman–Crippen LogP) is 4.01. The zero-order valence-electron chi connectivity index (χ0n) is 16.8. The first-order chi connectivity index (χ1) is 15.0. The highest BCUT2D eigenvalue weighted by Gasteiger charge is 2.17. The predicted molar refractivity (Wildman–Crippen MR) is 114 cm³/mol. The van der Waals surface area contributed by atoms with Crippen LogP contribution in [-0.4, -0.2) is 44.5 Å². The number of benzene rings is 3. The Balaban J connectivity index is 1.91. The van der Waals surface area contributed by atoms with E-state index in [0.29, 0.717) is 34.0 Å². The van der Waals surface area contributed by atoms with Crippen molar-refractivity contribution in [3.05, 3.63) is 60.7 Å². The van der Waals surface area contributed by atoms with Gasteiger partial charge in [-0.15, -0.1) is 0 Å².